The molecule has 6 nitrogen and oxygen atoms in total. The Morgan fingerprint density at radius 3 is 2.36 bits per heavy atom. The van der Waals surface area contributed by atoms with Crippen LogP contribution in [-0.4, -0.2) is 52.0 Å². The zero-order chi connectivity index (χ0) is 21.5. The Balaban J connectivity index is 5.07. The van der Waals surface area contributed by atoms with Crippen LogP contribution in [0.1, 0.15) is 40.5 Å². The molecular formula is C22H38N4O2. The first kappa shape index (κ1) is 25.8. The largest absolute Gasteiger partial charge is 0.501 e. The van der Waals surface area contributed by atoms with Gasteiger partial charge in [0.25, 0.3) is 0 Å². The molecule has 0 radical (unpaired) electrons. The fraction of sp³-hybridized carbons (Fsp3) is 0.591. The number of rotatable bonds is 13. The summed E-state index contributed by atoms with van der Waals surface area (Å²) >= 11 is 0. The number of aliphatic imine (C=N–C) groups is 3. The molecule has 0 saturated carbocycles. The molecule has 0 bridgehead atoms. The quantitative estimate of drug-likeness (QED) is 0.378. The second-order valence-corrected chi connectivity index (χ2v) is 6.80. The van der Waals surface area contributed by atoms with Gasteiger partial charge in [-0.1, -0.05) is 26.8 Å². The third-order valence-corrected chi connectivity index (χ3v) is 4.51. The Morgan fingerprint density at radius 2 is 1.86 bits per heavy atom. The van der Waals surface area contributed by atoms with E-state index in [0.29, 0.717) is 30.6 Å². The van der Waals surface area contributed by atoms with Crippen LogP contribution < -0.4 is 5.73 Å². The van der Waals surface area contributed by atoms with Crippen molar-refractivity contribution in [1.29, 1.82) is 0 Å². The van der Waals surface area contributed by atoms with Crippen molar-refractivity contribution in [2.24, 2.45) is 32.5 Å². The van der Waals surface area contributed by atoms with E-state index in [0.717, 1.165) is 35.8 Å². The van der Waals surface area contributed by atoms with Gasteiger partial charge in [-0.15, -0.1) is 0 Å². The minimum atomic E-state index is 0.453. The molecule has 0 spiro atoms. The molecular weight excluding hydrogens is 352 g/mol. The van der Waals surface area contributed by atoms with E-state index in [-0.39, 0.29) is 0 Å². The molecule has 0 saturated heterocycles. The third kappa shape index (κ3) is 10.8. The summed E-state index contributed by atoms with van der Waals surface area (Å²) in [6.07, 6.45) is 7.16. The predicted molar refractivity (Wildman–Crippen MR) is 121 cm³/mol. The zero-order valence-electron chi connectivity index (χ0n) is 18.7. The topological polar surface area (TPSA) is 81.6 Å². The number of hydrogen-bond acceptors (Lipinski definition) is 6. The Kier molecular flexibility index (Phi) is 13.6. The van der Waals surface area contributed by atoms with Crippen LogP contribution in [0.25, 0.3) is 0 Å². The molecule has 0 rings (SSSR count). The van der Waals surface area contributed by atoms with Crippen molar-refractivity contribution < 1.29 is 9.47 Å². The first-order valence-electron chi connectivity index (χ1n) is 9.67. The molecule has 0 aromatic heterocycles. The number of methoxy groups -OCH3 is 2. The second-order valence-electron chi connectivity index (χ2n) is 6.80. The van der Waals surface area contributed by atoms with Gasteiger partial charge in [-0.2, -0.15) is 0 Å². The Bertz CT molecular complexity index is 626. The summed E-state index contributed by atoms with van der Waals surface area (Å²) in [4.78, 5) is 13.4. The summed E-state index contributed by atoms with van der Waals surface area (Å²) in [5.41, 5.74) is 8.25. The molecule has 158 valence electrons. The SMILES string of the molecule is C=C(C\C(=C/C(C)=N/C(C)=C/C(C=NCC(C)C(CC)CN)=NC)OC)OC. The summed E-state index contributed by atoms with van der Waals surface area (Å²) in [6.45, 7) is 13.5. The van der Waals surface area contributed by atoms with Crippen molar-refractivity contribution in [3.05, 3.63) is 35.9 Å². The summed E-state index contributed by atoms with van der Waals surface area (Å²) < 4.78 is 10.4. The summed E-state index contributed by atoms with van der Waals surface area (Å²) in [5, 5.41) is 0. The first-order valence-corrected chi connectivity index (χ1v) is 9.67. The highest BCUT2D eigenvalue weighted by atomic mass is 16.5. The molecule has 0 aromatic carbocycles. The van der Waals surface area contributed by atoms with Gasteiger partial charge in [0, 0.05) is 31.2 Å². The van der Waals surface area contributed by atoms with Crippen molar-refractivity contribution in [3.63, 3.8) is 0 Å². The first-order chi connectivity index (χ1) is 13.3. The van der Waals surface area contributed by atoms with Gasteiger partial charge >= 0.3 is 0 Å². The van der Waals surface area contributed by atoms with E-state index in [9.17, 15) is 0 Å². The smallest absolute Gasteiger partial charge is 0.105 e. The highest BCUT2D eigenvalue weighted by Gasteiger charge is 2.12. The van der Waals surface area contributed by atoms with Gasteiger partial charge in [-0.05, 0) is 44.4 Å². The molecule has 2 atom stereocenters. The lowest BCUT2D eigenvalue weighted by molar-refractivity contribution is 0.240. The highest BCUT2D eigenvalue weighted by molar-refractivity contribution is 6.36. The second kappa shape index (κ2) is 14.8. The van der Waals surface area contributed by atoms with E-state index in [1.54, 1.807) is 27.5 Å². The van der Waals surface area contributed by atoms with Gasteiger partial charge < -0.3 is 15.2 Å². The molecule has 2 unspecified atom stereocenters. The molecule has 0 fully saturated rings. The molecule has 0 amide bonds. The average molecular weight is 391 g/mol. The predicted octanol–water partition coefficient (Wildman–Crippen LogP) is 4.19. The van der Waals surface area contributed by atoms with Crippen LogP contribution >= 0.6 is 0 Å². The third-order valence-electron chi connectivity index (χ3n) is 4.51. The van der Waals surface area contributed by atoms with Crippen molar-refractivity contribution in [2.45, 2.75) is 40.5 Å². The van der Waals surface area contributed by atoms with E-state index in [4.69, 9.17) is 15.2 Å². The van der Waals surface area contributed by atoms with E-state index >= 15 is 0 Å². The molecule has 2 N–H and O–H groups in total. The monoisotopic (exact) mass is 390 g/mol. The maximum absolute atomic E-state index is 5.81. The molecule has 0 aliphatic rings. The Labute approximate surface area is 171 Å². The number of allylic oxidation sites excluding steroid dienone is 3. The zero-order valence-corrected chi connectivity index (χ0v) is 18.7. The molecule has 28 heavy (non-hydrogen) atoms. The van der Waals surface area contributed by atoms with Gasteiger partial charge in [0.1, 0.15) is 5.76 Å². The molecule has 0 aromatic rings. The summed E-state index contributed by atoms with van der Waals surface area (Å²) in [6, 6.07) is 0. The van der Waals surface area contributed by atoms with E-state index < -0.39 is 0 Å². The number of nitrogens with zero attached hydrogens (tertiary/aromatic N) is 3. The lowest BCUT2D eigenvalue weighted by Gasteiger charge is -2.18. The Morgan fingerprint density at radius 1 is 1.18 bits per heavy atom. The van der Waals surface area contributed by atoms with Gasteiger partial charge in [-0.3, -0.25) is 15.0 Å². The van der Waals surface area contributed by atoms with Gasteiger partial charge in [0.2, 0.25) is 0 Å². The fourth-order valence-corrected chi connectivity index (χ4v) is 2.66. The van der Waals surface area contributed by atoms with Crippen LogP contribution in [0.2, 0.25) is 0 Å². The van der Waals surface area contributed by atoms with Crippen LogP contribution in [0.4, 0.5) is 0 Å². The van der Waals surface area contributed by atoms with Crippen LogP contribution in [0.3, 0.4) is 0 Å². The maximum atomic E-state index is 5.81. The minimum absolute atomic E-state index is 0.453. The van der Waals surface area contributed by atoms with Crippen LogP contribution in [0.5, 0.6) is 0 Å². The number of ether oxygens (including phenoxy) is 2. The van der Waals surface area contributed by atoms with Gasteiger partial charge in [-0.25, -0.2) is 0 Å². The minimum Gasteiger partial charge on any atom is -0.501 e. The standard InChI is InChI=1S/C22H38N4O2/c1-9-20(13-23)16(2)14-25-15-21(24-6)10-17(3)26-18(4)11-22(28-8)12-19(5)27-7/h10-11,15-16,20H,5,9,12-14,23H2,1-4,6-8H3/b17-10+,22-11+,24-21?,25-15?,26-18+. The number of hydrogen-bond donors (Lipinski definition) is 1. The van der Waals surface area contributed by atoms with Gasteiger partial charge in [0.05, 0.1) is 32.1 Å². The van der Waals surface area contributed by atoms with E-state index in [2.05, 4.69) is 35.4 Å². The normalized spacial score (nSPS) is 16.3. The van der Waals surface area contributed by atoms with Crippen LogP contribution in [-0.2, 0) is 9.47 Å². The van der Waals surface area contributed by atoms with Crippen LogP contribution in [0.15, 0.2) is 50.9 Å². The molecule has 0 heterocycles. The maximum Gasteiger partial charge on any atom is 0.105 e. The van der Waals surface area contributed by atoms with Crippen molar-refractivity contribution in [3.8, 4) is 0 Å². The van der Waals surface area contributed by atoms with E-state index in [1.165, 1.54) is 0 Å². The molecule has 6 heteroatoms. The summed E-state index contributed by atoms with van der Waals surface area (Å²) in [5.74, 6) is 2.33. The highest BCUT2D eigenvalue weighted by Crippen LogP contribution is 2.14. The average Bonchev–Trinajstić information content (AvgIpc) is 2.67. The summed E-state index contributed by atoms with van der Waals surface area (Å²) in [7, 11) is 4.97. The van der Waals surface area contributed by atoms with Crippen LogP contribution in [0, 0.1) is 11.8 Å². The van der Waals surface area contributed by atoms with Gasteiger partial charge in [0.15, 0.2) is 0 Å². The van der Waals surface area contributed by atoms with Crippen molar-refractivity contribution >= 4 is 17.6 Å². The molecule has 0 aliphatic carbocycles. The lowest BCUT2D eigenvalue weighted by Crippen LogP contribution is -2.22. The van der Waals surface area contributed by atoms with Crippen molar-refractivity contribution in [2.75, 3.05) is 34.4 Å². The van der Waals surface area contributed by atoms with Crippen molar-refractivity contribution in [1.82, 2.24) is 0 Å². The Hall–Kier alpha value is -2.21. The molecule has 0 aliphatic heterocycles. The van der Waals surface area contributed by atoms with E-state index in [1.807, 2.05) is 26.0 Å². The fourth-order valence-electron chi connectivity index (χ4n) is 2.66. The number of nitrogens with two attached hydrogens (primary N) is 1. The lowest BCUT2D eigenvalue weighted by atomic mass is 9.92.